The van der Waals surface area contributed by atoms with E-state index in [1.54, 1.807) is 29.2 Å². The van der Waals surface area contributed by atoms with E-state index in [9.17, 15) is 4.79 Å². The fourth-order valence-electron chi connectivity index (χ4n) is 2.43. The van der Waals surface area contributed by atoms with Gasteiger partial charge in [0.15, 0.2) is 5.13 Å². The molecule has 9 heteroatoms. The summed E-state index contributed by atoms with van der Waals surface area (Å²) < 4.78 is 6.33. The molecule has 1 saturated heterocycles. The average Bonchev–Trinajstić information content (AvgIpc) is 3.22. The molecule has 1 aliphatic heterocycles. The van der Waals surface area contributed by atoms with Crippen LogP contribution < -0.4 is 5.32 Å². The molecule has 0 radical (unpaired) electrons. The number of aromatic nitrogens is 1. The highest BCUT2D eigenvalue weighted by atomic mass is 32.2. The smallest absolute Gasteiger partial charge is 0.345 e. The van der Waals surface area contributed by atoms with E-state index >= 15 is 0 Å². The molecule has 3 rings (SSSR count). The number of ether oxygens (including phenoxy) is 1. The number of hydrogen-bond acceptors (Lipinski definition) is 8. The molecule has 0 aliphatic carbocycles. The number of morpholine rings is 1. The number of anilines is 1. The van der Waals surface area contributed by atoms with Crippen molar-refractivity contribution in [2.24, 2.45) is 0 Å². The lowest BCUT2D eigenvalue weighted by atomic mass is 10.2. The zero-order valence-corrected chi connectivity index (χ0v) is 15.7. The van der Waals surface area contributed by atoms with Gasteiger partial charge in [-0.15, -0.1) is 34.4 Å². The highest BCUT2D eigenvalue weighted by Gasteiger charge is 2.17. The summed E-state index contributed by atoms with van der Waals surface area (Å²) >= 11 is 4.40. The number of nitrogens with one attached hydrogen (secondary N) is 1. The van der Waals surface area contributed by atoms with Gasteiger partial charge in [-0.25, -0.2) is 9.78 Å². The van der Waals surface area contributed by atoms with E-state index in [-0.39, 0.29) is 0 Å². The van der Waals surface area contributed by atoms with Crippen molar-refractivity contribution in [3.63, 3.8) is 0 Å². The van der Waals surface area contributed by atoms with Crippen LogP contribution in [0.5, 0.6) is 0 Å². The normalized spacial score (nSPS) is 15.5. The van der Waals surface area contributed by atoms with Crippen molar-refractivity contribution < 1.29 is 14.6 Å². The Balaban J connectivity index is 1.61. The Morgan fingerprint density at radius 1 is 1.50 bits per heavy atom. The van der Waals surface area contributed by atoms with Crippen LogP contribution in [0.25, 0.3) is 11.3 Å². The maximum Gasteiger partial charge on any atom is 0.345 e. The van der Waals surface area contributed by atoms with Gasteiger partial charge in [0.25, 0.3) is 0 Å². The summed E-state index contributed by atoms with van der Waals surface area (Å²) in [6, 6.07) is 1.71. The van der Waals surface area contributed by atoms with Gasteiger partial charge in [-0.1, -0.05) is 0 Å². The van der Waals surface area contributed by atoms with Gasteiger partial charge in [-0.3, -0.25) is 4.90 Å². The fourth-order valence-corrected chi connectivity index (χ4v) is 4.90. The Hall–Kier alpha value is -1.13. The molecule has 0 atom stereocenters. The summed E-state index contributed by atoms with van der Waals surface area (Å²) in [6.45, 7) is 5.39. The van der Waals surface area contributed by atoms with E-state index in [1.807, 2.05) is 11.6 Å². The van der Waals surface area contributed by atoms with Crippen LogP contribution in [-0.4, -0.2) is 66.6 Å². The Labute approximate surface area is 152 Å². The molecule has 3 heterocycles. The zero-order valence-electron chi connectivity index (χ0n) is 13.3. The first-order valence-electron chi connectivity index (χ1n) is 7.58. The predicted octanol–water partition coefficient (Wildman–Crippen LogP) is 3.04. The van der Waals surface area contributed by atoms with E-state index in [1.165, 1.54) is 11.3 Å². The molecule has 0 spiro atoms. The van der Waals surface area contributed by atoms with Gasteiger partial charge in [-0.05, 0) is 12.3 Å². The first-order chi connectivity index (χ1) is 11.7. The predicted molar refractivity (Wildman–Crippen MR) is 99.9 cm³/mol. The minimum Gasteiger partial charge on any atom is -0.477 e. The third-order valence-corrected chi connectivity index (χ3v) is 6.74. The van der Waals surface area contributed by atoms with E-state index in [0.29, 0.717) is 4.88 Å². The minimum absolute atomic E-state index is 0.351. The summed E-state index contributed by atoms with van der Waals surface area (Å²) in [5, 5.41) is 15.4. The van der Waals surface area contributed by atoms with Crippen molar-refractivity contribution in [3.05, 3.63) is 16.3 Å². The van der Waals surface area contributed by atoms with Crippen LogP contribution >= 0.6 is 34.4 Å². The molecule has 1 fully saturated rings. The second kappa shape index (κ2) is 8.30. The molecule has 0 saturated carbocycles. The van der Waals surface area contributed by atoms with Crippen LogP contribution in [0.15, 0.2) is 15.7 Å². The van der Waals surface area contributed by atoms with Gasteiger partial charge >= 0.3 is 5.97 Å². The van der Waals surface area contributed by atoms with Crippen molar-refractivity contribution in [1.82, 2.24) is 9.88 Å². The zero-order chi connectivity index (χ0) is 16.9. The molecule has 1 aliphatic rings. The number of carbonyl (C=O) groups is 1. The molecule has 2 N–H and O–H groups in total. The lowest BCUT2D eigenvalue weighted by Gasteiger charge is -2.26. The highest BCUT2D eigenvalue weighted by Crippen LogP contribution is 2.38. The standard InChI is InChI=1S/C15H19N3O3S3/c1-22-14-10(8-12(24-14)13(19)20)11-9-23-15(17-11)16-2-3-18-4-6-21-7-5-18/h8-9H,2-7H2,1H3,(H,16,17)(H,19,20). The first kappa shape index (κ1) is 17.7. The largest absolute Gasteiger partial charge is 0.477 e. The second-order valence-corrected chi connectivity index (χ2v) is 8.22. The maximum absolute atomic E-state index is 11.2. The molecule has 0 aromatic carbocycles. The van der Waals surface area contributed by atoms with Crippen molar-refractivity contribution in [1.29, 1.82) is 0 Å². The second-order valence-electron chi connectivity index (χ2n) is 5.24. The van der Waals surface area contributed by atoms with E-state index in [4.69, 9.17) is 9.84 Å². The number of thiazole rings is 1. The SMILES string of the molecule is CSc1sc(C(=O)O)cc1-c1csc(NCCN2CCOCC2)n1. The molecule has 0 bridgehead atoms. The van der Waals surface area contributed by atoms with E-state index < -0.39 is 5.97 Å². The number of hydrogen-bond donors (Lipinski definition) is 2. The van der Waals surface area contributed by atoms with Gasteiger partial charge in [0.05, 0.1) is 23.1 Å². The highest BCUT2D eigenvalue weighted by molar-refractivity contribution is 8.00. The summed E-state index contributed by atoms with van der Waals surface area (Å²) in [7, 11) is 0. The van der Waals surface area contributed by atoms with Gasteiger partial charge in [0.1, 0.15) is 4.88 Å². The third kappa shape index (κ3) is 4.28. The summed E-state index contributed by atoms with van der Waals surface area (Å²) in [4.78, 5) is 18.5. The van der Waals surface area contributed by atoms with Gasteiger partial charge < -0.3 is 15.2 Å². The quantitative estimate of drug-likeness (QED) is 0.710. The number of rotatable bonds is 7. The average molecular weight is 386 g/mol. The molecule has 2 aromatic heterocycles. The van der Waals surface area contributed by atoms with Crippen LogP contribution in [0.2, 0.25) is 0 Å². The number of aromatic carboxylic acids is 1. The lowest BCUT2D eigenvalue weighted by molar-refractivity contribution is 0.0398. The Kier molecular flexibility index (Phi) is 6.12. The number of thiophene rings is 1. The van der Waals surface area contributed by atoms with E-state index in [0.717, 1.165) is 60.0 Å². The topological polar surface area (TPSA) is 74.7 Å². The maximum atomic E-state index is 11.2. The molecule has 0 amide bonds. The number of carboxylic acids is 1. The molecule has 0 unspecified atom stereocenters. The third-order valence-electron chi connectivity index (χ3n) is 3.68. The van der Waals surface area contributed by atoms with Crippen LogP contribution in [0, 0.1) is 0 Å². The lowest BCUT2D eigenvalue weighted by Crippen LogP contribution is -2.38. The molecular formula is C15H19N3O3S3. The first-order valence-corrected chi connectivity index (χ1v) is 10.5. The summed E-state index contributed by atoms with van der Waals surface area (Å²) in [5.41, 5.74) is 1.74. The van der Waals surface area contributed by atoms with Crippen LogP contribution in [0.4, 0.5) is 5.13 Å². The summed E-state index contributed by atoms with van der Waals surface area (Å²) in [6.07, 6.45) is 1.95. The van der Waals surface area contributed by atoms with Gasteiger partial charge in [0, 0.05) is 37.1 Å². The monoisotopic (exact) mass is 385 g/mol. The fraction of sp³-hybridized carbons (Fsp3) is 0.467. The van der Waals surface area contributed by atoms with Crippen molar-refractivity contribution in [3.8, 4) is 11.3 Å². The number of thioether (sulfide) groups is 1. The molecule has 2 aromatic rings. The van der Waals surface area contributed by atoms with Crippen LogP contribution in [0.1, 0.15) is 9.67 Å². The Morgan fingerprint density at radius 2 is 2.29 bits per heavy atom. The number of nitrogens with zero attached hydrogens (tertiary/aromatic N) is 2. The van der Waals surface area contributed by atoms with Crippen molar-refractivity contribution in [2.75, 3.05) is 51.0 Å². The van der Waals surface area contributed by atoms with Crippen LogP contribution in [-0.2, 0) is 4.74 Å². The Morgan fingerprint density at radius 3 is 3.00 bits per heavy atom. The number of carboxylic acid groups (broad SMARTS) is 1. The van der Waals surface area contributed by atoms with Crippen molar-refractivity contribution in [2.45, 2.75) is 4.21 Å². The van der Waals surface area contributed by atoms with Gasteiger partial charge in [-0.2, -0.15) is 0 Å². The van der Waals surface area contributed by atoms with E-state index in [2.05, 4.69) is 15.2 Å². The molecule has 130 valence electrons. The molecule has 6 nitrogen and oxygen atoms in total. The van der Waals surface area contributed by atoms with Crippen LogP contribution in [0.3, 0.4) is 0 Å². The van der Waals surface area contributed by atoms with Gasteiger partial charge in [0.2, 0.25) is 0 Å². The van der Waals surface area contributed by atoms with Crippen molar-refractivity contribution >= 4 is 45.5 Å². The summed E-state index contributed by atoms with van der Waals surface area (Å²) in [5.74, 6) is -0.888. The minimum atomic E-state index is -0.888. The molecular weight excluding hydrogens is 366 g/mol. The molecule has 24 heavy (non-hydrogen) atoms. The Bertz CT molecular complexity index is 695.